The number of hydrogen-bond acceptors (Lipinski definition) is 1. The summed E-state index contributed by atoms with van der Waals surface area (Å²) in [5.41, 5.74) is 4.32. The number of aliphatic imine (C=N–C) groups is 1. The standard InChI is InChI=1S/C18H21ClFN/c1-4-14(7-6-13(3)20)17-9-10-18(21-17)15-11-12(2)5-8-16(15)19/h4-8,11,13,17H,9-10H2,1-3H3/b7-6-,14-4+. The predicted molar refractivity (Wildman–Crippen MR) is 89.2 cm³/mol. The summed E-state index contributed by atoms with van der Waals surface area (Å²) in [5.74, 6) is 0. The second-order valence-corrected chi connectivity index (χ2v) is 5.85. The van der Waals surface area contributed by atoms with E-state index in [2.05, 4.69) is 13.0 Å². The second-order valence-electron chi connectivity index (χ2n) is 5.44. The molecular weight excluding hydrogens is 285 g/mol. The van der Waals surface area contributed by atoms with Gasteiger partial charge in [0.2, 0.25) is 0 Å². The zero-order chi connectivity index (χ0) is 15.4. The Kier molecular flexibility index (Phi) is 5.35. The van der Waals surface area contributed by atoms with Gasteiger partial charge in [-0.1, -0.05) is 41.5 Å². The first-order valence-electron chi connectivity index (χ1n) is 7.33. The lowest BCUT2D eigenvalue weighted by molar-refractivity contribution is 0.430. The average Bonchev–Trinajstić information content (AvgIpc) is 2.91. The Morgan fingerprint density at radius 2 is 2.24 bits per heavy atom. The van der Waals surface area contributed by atoms with Crippen molar-refractivity contribution in [3.63, 3.8) is 0 Å². The summed E-state index contributed by atoms with van der Waals surface area (Å²) in [6.07, 6.45) is 6.35. The molecule has 21 heavy (non-hydrogen) atoms. The topological polar surface area (TPSA) is 12.4 Å². The third-order valence-electron chi connectivity index (χ3n) is 3.67. The molecule has 1 nitrogen and oxygen atoms in total. The third-order valence-corrected chi connectivity index (χ3v) is 4.00. The van der Waals surface area contributed by atoms with E-state index in [0.29, 0.717) is 0 Å². The van der Waals surface area contributed by atoms with Gasteiger partial charge in [0.1, 0.15) is 6.17 Å². The number of halogens is 2. The number of aryl methyl sites for hydroxylation is 1. The molecule has 0 N–H and O–H groups in total. The largest absolute Gasteiger partial charge is 0.281 e. The maximum atomic E-state index is 13.0. The molecule has 2 rings (SSSR count). The summed E-state index contributed by atoms with van der Waals surface area (Å²) in [6.45, 7) is 5.55. The molecule has 2 unspecified atom stereocenters. The molecule has 0 aromatic heterocycles. The quantitative estimate of drug-likeness (QED) is 0.655. The van der Waals surface area contributed by atoms with Gasteiger partial charge in [0, 0.05) is 16.3 Å². The molecule has 2 atom stereocenters. The van der Waals surface area contributed by atoms with Gasteiger partial charge in [-0.2, -0.15) is 0 Å². The zero-order valence-electron chi connectivity index (χ0n) is 12.7. The number of benzene rings is 1. The lowest BCUT2D eigenvalue weighted by Gasteiger charge is -2.08. The summed E-state index contributed by atoms with van der Waals surface area (Å²) in [4.78, 5) is 4.80. The van der Waals surface area contributed by atoms with Crippen LogP contribution >= 0.6 is 11.6 Å². The normalized spacial score (nSPS) is 20.9. The van der Waals surface area contributed by atoms with Crippen molar-refractivity contribution in [3.8, 4) is 0 Å². The Morgan fingerprint density at radius 1 is 1.48 bits per heavy atom. The highest BCUT2D eigenvalue weighted by Gasteiger charge is 2.22. The van der Waals surface area contributed by atoms with E-state index in [1.54, 1.807) is 6.08 Å². The van der Waals surface area contributed by atoms with Crippen LogP contribution in [0.25, 0.3) is 0 Å². The van der Waals surface area contributed by atoms with Crippen LogP contribution in [0.15, 0.2) is 47.0 Å². The highest BCUT2D eigenvalue weighted by atomic mass is 35.5. The molecule has 1 aromatic rings. The Balaban J connectivity index is 2.24. The molecule has 0 amide bonds. The van der Waals surface area contributed by atoms with Gasteiger partial charge >= 0.3 is 0 Å². The SMILES string of the molecule is C/C=C(\C=C/C(C)F)C1CCC(c2cc(C)ccc2Cl)=N1. The van der Waals surface area contributed by atoms with E-state index in [1.165, 1.54) is 12.5 Å². The van der Waals surface area contributed by atoms with Gasteiger partial charge in [-0.3, -0.25) is 4.99 Å². The van der Waals surface area contributed by atoms with Gasteiger partial charge in [-0.15, -0.1) is 0 Å². The molecule has 0 fully saturated rings. The highest BCUT2D eigenvalue weighted by molar-refractivity contribution is 6.34. The van der Waals surface area contributed by atoms with Crippen LogP contribution in [-0.2, 0) is 0 Å². The van der Waals surface area contributed by atoms with E-state index in [0.717, 1.165) is 34.7 Å². The molecule has 0 bridgehead atoms. The van der Waals surface area contributed by atoms with E-state index < -0.39 is 6.17 Å². The van der Waals surface area contributed by atoms with Crippen molar-refractivity contribution < 1.29 is 4.39 Å². The lowest BCUT2D eigenvalue weighted by atomic mass is 10.0. The molecule has 1 heterocycles. The van der Waals surface area contributed by atoms with Gasteiger partial charge in [-0.05, 0) is 51.3 Å². The molecular formula is C18H21ClFN. The fraction of sp³-hybridized carbons (Fsp3) is 0.389. The second kappa shape index (κ2) is 7.04. The van der Waals surface area contributed by atoms with E-state index in [9.17, 15) is 4.39 Å². The van der Waals surface area contributed by atoms with E-state index in [-0.39, 0.29) is 6.04 Å². The molecule has 0 spiro atoms. The number of rotatable bonds is 4. The molecule has 0 saturated carbocycles. The maximum absolute atomic E-state index is 13.0. The Hall–Kier alpha value is -1.41. The smallest absolute Gasteiger partial charge is 0.116 e. The van der Waals surface area contributed by atoms with Crippen LogP contribution in [0, 0.1) is 6.92 Å². The summed E-state index contributed by atoms with van der Waals surface area (Å²) >= 11 is 6.28. The van der Waals surface area contributed by atoms with Crippen LogP contribution in [0.5, 0.6) is 0 Å². The number of allylic oxidation sites excluding steroid dienone is 2. The number of nitrogens with zero attached hydrogens (tertiary/aromatic N) is 1. The number of alkyl halides is 1. The molecule has 1 aliphatic heterocycles. The highest BCUT2D eigenvalue weighted by Crippen LogP contribution is 2.28. The van der Waals surface area contributed by atoms with Crippen molar-refractivity contribution in [2.75, 3.05) is 0 Å². The lowest BCUT2D eigenvalue weighted by Crippen LogP contribution is -2.02. The minimum absolute atomic E-state index is 0.108. The molecule has 1 aromatic carbocycles. The van der Waals surface area contributed by atoms with Crippen LogP contribution in [0.4, 0.5) is 4.39 Å². The van der Waals surface area contributed by atoms with Gasteiger partial charge in [-0.25, -0.2) is 4.39 Å². The van der Waals surface area contributed by atoms with E-state index in [1.807, 2.05) is 31.2 Å². The van der Waals surface area contributed by atoms with Crippen LogP contribution in [-0.4, -0.2) is 17.9 Å². The molecule has 112 valence electrons. The fourth-order valence-corrected chi connectivity index (χ4v) is 2.77. The zero-order valence-corrected chi connectivity index (χ0v) is 13.5. The predicted octanol–water partition coefficient (Wildman–Crippen LogP) is 5.46. The third kappa shape index (κ3) is 4.04. The molecule has 0 aliphatic carbocycles. The van der Waals surface area contributed by atoms with Crippen molar-refractivity contribution >= 4 is 17.3 Å². The first-order valence-corrected chi connectivity index (χ1v) is 7.70. The van der Waals surface area contributed by atoms with Crippen LogP contribution in [0.1, 0.15) is 37.8 Å². The van der Waals surface area contributed by atoms with Gasteiger partial charge in [0.25, 0.3) is 0 Å². The van der Waals surface area contributed by atoms with Gasteiger partial charge < -0.3 is 0 Å². The first-order chi connectivity index (χ1) is 10.0. The molecule has 0 radical (unpaired) electrons. The Morgan fingerprint density at radius 3 is 2.90 bits per heavy atom. The summed E-state index contributed by atoms with van der Waals surface area (Å²) in [5, 5.41) is 0.745. The first kappa shape index (κ1) is 16.0. The van der Waals surface area contributed by atoms with E-state index >= 15 is 0 Å². The van der Waals surface area contributed by atoms with Crippen LogP contribution < -0.4 is 0 Å². The van der Waals surface area contributed by atoms with Gasteiger partial charge in [0.15, 0.2) is 0 Å². The van der Waals surface area contributed by atoms with Crippen molar-refractivity contribution in [2.45, 2.75) is 45.8 Å². The summed E-state index contributed by atoms with van der Waals surface area (Å²) < 4.78 is 13.0. The van der Waals surface area contributed by atoms with Gasteiger partial charge in [0.05, 0.1) is 6.04 Å². The van der Waals surface area contributed by atoms with Crippen LogP contribution in [0.3, 0.4) is 0 Å². The Labute approximate surface area is 131 Å². The minimum Gasteiger partial charge on any atom is -0.281 e. The molecule has 3 heteroatoms. The van der Waals surface area contributed by atoms with Crippen molar-refractivity contribution in [1.29, 1.82) is 0 Å². The van der Waals surface area contributed by atoms with Crippen LogP contribution in [0.2, 0.25) is 5.02 Å². The molecule has 1 aliphatic rings. The average molecular weight is 306 g/mol. The molecule has 0 saturated heterocycles. The minimum atomic E-state index is -0.934. The van der Waals surface area contributed by atoms with Crippen molar-refractivity contribution in [2.24, 2.45) is 4.99 Å². The van der Waals surface area contributed by atoms with E-state index in [4.69, 9.17) is 16.6 Å². The summed E-state index contributed by atoms with van der Waals surface area (Å²) in [6, 6.07) is 6.11. The monoisotopic (exact) mass is 305 g/mol. The fourth-order valence-electron chi connectivity index (χ4n) is 2.54. The number of hydrogen-bond donors (Lipinski definition) is 0. The van der Waals surface area contributed by atoms with Crippen molar-refractivity contribution in [1.82, 2.24) is 0 Å². The van der Waals surface area contributed by atoms with Crippen molar-refractivity contribution in [3.05, 3.63) is 58.1 Å². The summed E-state index contributed by atoms with van der Waals surface area (Å²) in [7, 11) is 0. The maximum Gasteiger partial charge on any atom is 0.116 e. The Bertz CT molecular complexity index is 599.